The van der Waals surface area contributed by atoms with E-state index in [9.17, 15) is 14.4 Å². The molecule has 1 atom stereocenters. The number of nitrogens with zero attached hydrogens (tertiary/aromatic N) is 1. The summed E-state index contributed by atoms with van der Waals surface area (Å²) in [5.74, 6) is -0.0673. The number of para-hydroxylation sites is 1. The molecule has 1 aliphatic heterocycles. The van der Waals surface area contributed by atoms with Gasteiger partial charge in [-0.15, -0.1) is 18.3 Å². The van der Waals surface area contributed by atoms with Gasteiger partial charge < -0.3 is 10.6 Å². The van der Waals surface area contributed by atoms with Crippen molar-refractivity contribution in [3.05, 3.63) is 72.3 Å². The molecule has 1 fully saturated rings. The van der Waals surface area contributed by atoms with Crippen molar-refractivity contribution < 1.29 is 14.4 Å². The molecule has 4 amide bonds. The van der Waals surface area contributed by atoms with Crippen molar-refractivity contribution in [1.29, 1.82) is 0 Å². The number of nitrogens with one attached hydrogen (secondary N) is 2. The van der Waals surface area contributed by atoms with Gasteiger partial charge in [0, 0.05) is 10.6 Å². The molecule has 1 unspecified atom stereocenters. The van der Waals surface area contributed by atoms with E-state index in [0.29, 0.717) is 17.9 Å². The Hall–Kier alpha value is -3.06. The van der Waals surface area contributed by atoms with Crippen molar-refractivity contribution in [3.8, 4) is 0 Å². The van der Waals surface area contributed by atoms with Crippen molar-refractivity contribution in [2.24, 2.45) is 0 Å². The highest BCUT2D eigenvalue weighted by molar-refractivity contribution is 7.99. The molecule has 0 radical (unpaired) electrons. The fourth-order valence-corrected chi connectivity index (χ4v) is 4.66. The van der Waals surface area contributed by atoms with Crippen LogP contribution in [0.15, 0.2) is 66.1 Å². The van der Waals surface area contributed by atoms with Gasteiger partial charge in [0.2, 0.25) is 5.91 Å². The summed E-state index contributed by atoms with van der Waals surface area (Å²) in [7, 11) is 0. The normalized spacial score (nSPS) is 19.9. The number of carbonyl (C=O) groups is 3. The predicted octanol–water partition coefficient (Wildman–Crippen LogP) is 3.30. The van der Waals surface area contributed by atoms with Crippen LogP contribution in [0, 0.1) is 0 Å². The highest BCUT2D eigenvalue weighted by atomic mass is 32.2. The molecule has 1 heterocycles. The zero-order chi connectivity index (χ0) is 20.4. The number of fused-ring (bicyclic) bond motifs is 2. The van der Waals surface area contributed by atoms with Crippen LogP contribution in [-0.2, 0) is 21.5 Å². The predicted molar refractivity (Wildman–Crippen MR) is 113 cm³/mol. The van der Waals surface area contributed by atoms with E-state index in [-0.39, 0.29) is 12.5 Å². The minimum absolute atomic E-state index is 0.324. The number of hydrogen-bond donors (Lipinski definition) is 2. The number of imide groups is 1. The van der Waals surface area contributed by atoms with Gasteiger partial charge in [0.15, 0.2) is 0 Å². The molecule has 2 N–H and O–H groups in total. The Morgan fingerprint density at radius 1 is 1.21 bits per heavy atom. The molecule has 7 heteroatoms. The lowest BCUT2D eigenvalue weighted by Crippen LogP contribution is -2.43. The Morgan fingerprint density at radius 2 is 1.97 bits per heavy atom. The van der Waals surface area contributed by atoms with E-state index < -0.39 is 17.5 Å². The lowest BCUT2D eigenvalue weighted by molar-refractivity contribution is -0.134. The Balaban J connectivity index is 1.50. The largest absolute Gasteiger partial charge is 0.325 e. The summed E-state index contributed by atoms with van der Waals surface area (Å²) >= 11 is 1.55. The highest BCUT2D eigenvalue weighted by Gasteiger charge is 2.55. The van der Waals surface area contributed by atoms with Crippen LogP contribution in [0.1, 0.15) is 17.5 Å². The summed E-state index contributed by atoms with van der Waals surface area (Å²) in [6, 6.07) is 14.5. The molecular weight excluding hydrogens is 386 g/mol. The van der Waals surface area contributed by atoms with Crippen LogP contribution in [0.3, 0.4) is 0 Å². The van der Waals surface area contributed by atoms with Crippen LogP contribution in [-0.4, -0.2) is 35.0 Å². The van der Waals surface area contributed by atoms with E-state index in [0.717, 1.165) is 27.3 Å². The van der Waals surface area contributed by atoms with E-state index in [2.05, 4.69) is 17.2 Å². The van der Waals surface area contributed by atoms with Gasteiger partial charge in [0.05, 0.1) is 5.69 Å². The van der Waals surface area contributed by atoms with E-state index >= 15 is 0 Å². The van der Waals surface area contributed by atoms with Gasteiger partial charge in [-0.2, -0.15) is 0 Å². The van der Waals surface area contributed by atoms with Gasteiger partial charge >= 0.3 is 6.03 Å². The second kappa shape index (κ2) is 7.75. The second-order valence-electron chi connectivity index (χ2n) is 7.03. The lowest BCUT2D eigenvalue weighted by Gasteiger charge is -2.22. The third-order valence-electron chi connectivity index (χ3n) is 5.24. The van der Waals surface area contributed by atoms with Gasteiger partial charge in [-0.1, -0.05) is 42.5 Å². The van der Waals surface area contributed by atoms with Crippen molar-refractivity contribution in [3.63, 3.8) is 0 Å². The maximum absolute atomic E-state index is 13.1. The third-order valence-corrected chi connectivity index (χ3v) is 6.31. The molecular formula is C22H21N3O3S. The summed E-state index contributed by atoms with van der Waals surface area (Å²) in [5, 5.41) is 5.65. The Kier molecular flexibility index (Phi) is 5.15. The summed E-state index contributed by atoms with van der Waals surface area (Å²) in [5.41, 5.74) is 1.48. The lowest BCUT2D eigenvalue weighted by atomic mass is 9.92. The van der Waals surface area contributed by atoms with Gasteiger partial charge in [-0.05, 0) is 36.1 Å². The zero-order valence-electron chi connectivity index (χ0n) is 15.8. The average Bonchev–Trinajstić information content (AvgIpc) is 3.21. The van der Waals surface area contributed by atoms with Crippen molar-refractivity contribution in [2.45, 2.75) is 23.3 Å². The third kappa shape index (κ3) is 3.42. The van der Waals surface area contributed by atoms with Crippen LogP contribution < -0.4 is 10.6 Å². The molecule has 0 bridgehead atoms. The van der Waals surface area contributed by atoms with Crippen molar-refractivity contribution in [1.82, 2.24) is 10.2 Å². The summed E-state index contributed by atoms with van der Waals surface area (Å²) < 4.78 is 0. The molecule has 148 valence electrons. The van der Waals surface area contributed by atoms with E-state index in [1.807, 2.05) is 42.5 Å². The standard InChI is InChI=1S/C22H21N3O3S/c1-2-13-29-18-10-6-5-9-17(18)23-19(26)14-25-20(27)22(24-21(25)28)12-11-15-7-3-4-8-16(15)22/h2-10H,1,11-14H2,(H,23,26)(H,24,28). The number of carbonyl (C=O) groups excluding carboxylic acids is 3. The van der Waals surface area contributed by atoms with Crippen molar-refractivity contribution in [2.75, 3.05) is 17.6 Å². The molecule has 0 aromatic heterocycles. The summed E-state index contributed by atoms with van der Waals surface area (Å²) in [4.78, 5) is 40.2. The zero-order valence-corrected chi connectivity index (χ0v) is 16.6. The SMILES string of the molecule is C=CCSc1ccccc1NC(=O)CN1C(=O)NC2(CCc3ccccc32)C1=O. The van der Waals surface area contributed by atoms with Gasteiger partial charge in [-0.25, -0.2) is 4.79 Å². The molecule has 2 aromatic carbocycles. The summed E-state index contributed by atoms with van der Waals surface area (Å²) in [6.45, 7) is 3.38. The number of urea groups is 1. The Morgan fingerprint density at radius 3 is 2.79 bits per heavy atom. The molecule has 4 rings (SSSR count). The minimum Gasteiger partial charge on any atom is -0.324 e. The maximum Gasteiger partial charge on any atom is 0.325 e. The van der Waals surface area contributed by atoms with Crippen LogP contribution >= 0.6 is 11.8 Å². The summed E-state index contributed by atoms with van der Waals surface area (Å²) in [6.07, 6.45) is 3.02. The Labute approximate surface area is 173 Å². The van der Waals surface area contributed by atoms with Crippen LogP contribution in [0.4, 0.5) is 10.5 Å². The maximum atomic E-state index is 13.1. The molecule has 6 nitrogen and oxygen atoms in total. The number of anilines is 1. The number of hydrogen-bond acceptors (Lipinski definition) is 4. The first kappa shape index (κ1) is 19.3. The van der Waals surface area contributed by atoms with Crippen LogP contribution in [0.5, 0.6) is 0 Å². The monoisotopic (exact) mass is 407 g/mol. The topological polar surface area (TPSA) is 78.5 Å². The highest BCUT2D eigenvalue weighted by Crippen LogP contribution is 2.41. The van der Waals surface area contributed by atoms with Gasteiger partial charge in [-0.3, -0.25) is 14.5 Å². The Bertz CT molecular complexity index is 1010. The number of amides is 4. The average molecular weight is 407 g/mol. The van der Waals surface area contributed by atoms with E-state index in [1.54, 1.807) is 23.9 Å². The van der Waals surface area contributed by atoms with E-state index in [1.165, 1.54) is 0 Å². The first-order valence-corrected chi connectivity index (χ1v) is 10.4. The quantitative estimate of drug-likeness (QED) is 0.438. The van der Waals surface area contributed by atoms with E-state index in [4.69, 9.17) is 0 Å². The van der Waals surface area contributed by atoms with Crippen molar-refractivity contribution >= 4 is 35.3 Å². The number of rotatable bonds is 6. The van der Waals surface area contributed by atoms with Crippen LogP contribution in [0.25, 0.3) is 0 Å². The molecule has 1 aliphatic carbocycles. The molecule has 0 saturated carbocycles. The second-order valence-corrected chi connectivity index (χ2v) is 8.09. The molecule has 1 spiro atoms. The fourth-order valence-electron chi connectivity index (χ4n) is 3.91. The first-order valence-electron chi connectivity index (χ1n) is 9.40. The molecule has 2 aliphatic rings. The number of benzene rings is 2. The molecule has 29 heavy (non-hydrogen) atoms. The van der Waals surface area contributed by atoms with Gasteiger partial charge in [0.1, 0.15) is 12.1 Å². The molecule has 2 aromatic rings. The molecule has 1 saturated heterocycles. The van der Waals surface area contributed by atoms with Gasteiger partial charge in [0.25, 0.3) is 5.91 Å². The smallest absolute Gasteiger partial charge is 0.324 e. The number of thioether (sulfide) groups is 1. The first-order chi connectivity index (χ1) is 14.0. The minimum atomic E-state index is -1.05. The fraction of sp³-hybridized carbons (Fsp3) is 0.227. The number of aryl methyl sites for hydroxylation is 1. The van der Waals surface area contributed by atoms with Crippen LogP contribution in [0.2, 0.25) is 0 Å².